The Morgan fingerprint density at radius 2 is 2.07 bits per heavy atom. The third-order valence-electron chi connectivity index (χ3n) is 2.58. The molecule has 0 atom stereocenters. The Balaban J connectivity index is 2.62. The molecule has 0 bridgehead atoms. The van der Waals surface area contributed by atoms with E-state index in [4.69, 9.17) is 10.2 Å². The van der Waals surface area contributed by atoms with Crippen LogP contribution in [0, 0.1) is 6.92 Å². The van der Waals surface area contributed by atoms with E-state index in [0.29, 0.717) is 5.88 Å². The van der Waals surface area contributed by atoms with Crippen LogP contribution < -0.4 is 5.73 Å². The first-order chi connectivity index (χ1) is 6.77. The monoisotopic (exact) mass is 186 g/mol. The number of hydrogen-bond acceptors (Lipinski definition) is 2. The number of fused-ring (bicyclic) bond motifs is 3. The Morgan fingerprint density at radius 1 is 1.29 bits per heavy atom. The molecule has 0 aliphatic heterocycles. The number of nitrogen functional groups attached to an aromatic ring is 1. The van der Waals surface area contributed by atoms with Gasteiger partial charge in [-0.25, -0.2) is 0 Å². The van der Waals surface area contributed by atoms with Gasteiger partial charge >= 0.3 is 0 Å². The summed E-state index contributed by atoms with van der Waals surface area (Å²) in [4.78, 5) is 0. The second kappa shape index (κ2) is 2.32. The average molecular weight is 186 g/mol. The molecule has 3 nitrogen and oxygen atoms in total. The molecule has 0 saturated heterocycles. The van der Waals surface area contributed by atoms with Crippen molar-refractivity contribution in [2.45, 2.75) is 6.92 Å². The van der Waals surface area contributed by atoms with Crippen molar-refractivity contribution < 1.29 is 4.42 Å². The summed E-state index contributed by atoms with van der Waals surface area (Å²) >= 11 is 0. The molecule has 14 heavy (non-hydrogen) atoms. The van der Waals surface area contributed by atoms with Crippen molar-refractivity contribution in [1.82, 2.24) is 4.40 Å². The van der Waals surface area contributed by atoms with Crippen molar-refractivity contribution in [3.63, 3.8) is 0 Å². The molecular weight excluding hydrogens is 176 g/mol. The highest BCUT2D eigenvalue weighted by Crippen LogP contribution is 2.26. The molecule has 3 rings (SSSR count). The maximum Gasteiger partial charge on any atom is 0.212 e. The van der Waals surface area contributed by atoms with Gasteiger partial charge in [0.15, 0.2) is 0 Å². The largest absolute Gasteiger partial charge is 0.423 e. The second-order valence-electron chi connectivity index (χ2n) is 3.43. The number of benzene rings is 1. The van der Waals surface area contributed by atoms with E-state index in [1.54, 1.807) is 0 Å². The fourth-order valence-corrected chi connectivity index (χ4v) is 1.85. The maximum absolute atomic E-state index is 5.70. The van der Waals surface area contributed by atoms with Crippen LogP contribution in [0.25, 0.3) is 16.6 Å². The van der Waals surface area contributed by atoms with E-state index < -0.39 is 0 Å². The molecule has 0 aliphatic carbocycles. The van der Waals surface area contributed by atoms with Gasteiger partial charge in [-0.1, -0.05) is 18.2 Å². The van der Waals surface area contributed by atoms with Crippen molar-refractivity contribution in [2.24, 2.45) is 0 Å². The minimum Gasteiger partial charge on any atom is -0.423 e. The molecule has 0 amide bonds. The minimum absolute atomic E-state index is 0.491. The van der Waals surface area contributed by atoms with Gasteiger partial charge in [0.2, 0.25) is 11.6 Å². The molecule has 0 fully saturated rings. The zero-order chi connectivity index (χ0) is 9.71. The van der Waals surface area contributed by atoms with Gasteiger partial charge in [0, 0.05) is 11.5 Å². The van der Waals surface area contributed by atoms with E-state index in [-0.39, 0.29) is 0 Å². The fraction of sp³-hybridized carbons (Fsp3) is 0.0909. The van der Waals surface area contributed by atoms with Gasteiger partial charge in [-0.2, -0.15) is 0 Å². The number of hydrogen-bond donors (Lipinski definition) is 1. The highest BCUT2D eigenvalue weighted by Gasteiger charge is 2.10. The number of para-hydroxylation sites is 1. The maximum atomic E-state index is 5.70. The topological polar surface area (TPSA) is 43.6 Å². The van der Waals surface area contributed by atoms with Crippen LogP contribution in [0.3, 0.4) is 0 Å². The van der Waals surface area contributed by atoms with E-state index in [1.807, 2.05) is 29.5 Å². The van der Waals surface area contributed by atoms with Gasteiger partial charge in [-0.05, 0) is 13.0 Å². The summed E-state index contributed by atoms with van der Waals surface area (Å²) in [6.45, 7) is 1.96. The van der Waals surface area contributed by atoms with E-state index in [0.717, 1.165) is 16.9 Å². The quantitative estimate of drug-likeness (QED) is 0.586. The Bertz CT molecular complexity index is 619. The third kappa shape index (κ3) is 0.763. The zero-order valence-corrected chi connectivity index (χ0v) is 7.82. The lowest BCUT2D eigenvalue weighted by Gasteiger charge is -1.93. The number of aryl methyl sites for hydroxylation is 1. The van der Waals surface area contributed by atoms with Gasteiger partial charge in [0.05, 0.1) is 11.2 Å². The van der Waals surface area contributed by atoms with Crippen molar-refractivity contribution in [1.29, 1.82) is 0 Å². The lowest BCUT2D eigenvalue weighted by Crippen LogP contribution is -1.88. The lowest BCUT2D eigenvalue weighted by atomic mass is 10.2. The number of nitrogens with zero attached hydrogens (tertiary/aromatic N) is 1. The molecule has 2 aromatic heterocycles. The summed E-state index contributed by atoms with van der Waals surface area (Å²) in [6.07, 6.45) is 0. The van der Waals surface area contributed by atoms with Crippen LogP contribution in [-0.4, -0.2) is 4.40 Å². The van der Waals surface area contributed by atoms with Crippen molar-refractivity contribution in [3.05, 3.63) is 36.0 Å². The Kier molecular flexibility index (Phi) is 1.24. The SMILES string of the molecule is Cc1c(N)oc2cc3ccccc3n12. The number of aromatic nitrogens is 1. The van der Waals surface area contributed by atoms with Gasteiger partial charge in [-0.3, -0.25) is 4.40 Å². The average Bonchev–Trinajstić information content (AvgIpc) is 2.65. The molecule has 3 aromatic rings. The predicted octanol–water partition coefficient (Wildman–Crippen LogP) is 2.58. The molecule has 0 saturated carbocycles. The lowest BCUT2D eigenvalue weighted by molar-refractivity contribution is 0.628. The third-order valence-corrected chi connectivity index (χ3v) is 2.58. The summed E-state index contributed by atoms with van der Waals surface area (Å²) in [5.41, 5.74) is 8.61. The summed E-state index contributed by atoms with van der Waals surface area (Å²) in [5, 5.41) is 1.18. The predicted molar refractivity (Wildman–Crippen MR) is 56.3 cm³/mol. The van der Waals surface area contributed by atoms with E-state index in [1.165, 1.54) is 5.39 Å². The van der Waals surface area contributed by atoms with Crippen LogP contribution in [0.15, 0.2) is 34.7 Å². The van der Waals surface area contributed by atoms with Crippen molar-refractivity contribution in [2.75, 3.05) is 5.73 Å². The smallest absolute Gasteiger partial charge is 0.212 e. The standard InChI is InChI=1S/C11H10N2O/c1-7-11(12)14-10-6-8-4-2-3-5-9(8)13(7)10/h2-6H,12H2,1H3. The molecule has 0 aliphatic rings. The second-order valence-corrected chi connectivity index (χ2v) is 3.43. The Morgan fingerprint density at radius 3 is 2.93 bits per heavy atom. The molecule has 0 radical (unpaired) electrons. The molecule has 1 aromatic carbocycles. The van der Waals surface area contributed by atoms with Gasteiger partial charge < -0.3 is 10.2 Å². The number of anilines is 1. The summed E-state index contributed by atoms with van der Waals surface area (Å²) in [6, 6.07) is 10.1. The number of nitrogens with two attached hydrogens (primary N) is 1. The first-order valence-corrected chi connectivity index (χ1v) is 4.52. The van der Waals surface area contributed by atoms with Gasteiger partial charge in [0.1, 0.15) is 0 Å². The van der Waals surface area contributed by atoms with Crippen LogP contribution in [0.1, 0.15) is 5.69 Å². The van der Waals surface area contributed by atoms with Crippen LogP contribution in [0.5, 0.6) is 0 Å². The molecular formula is C11H10N2O. The molecule has 3 heteroatoms. The molecule has 70 valence electrons. The summed E-state index contributed by atoms with van der Waals surface area (Å²) in [5.74, 6) is 0.491. The van der Waals surface area contributed by atoms with Crippen molar-refractivity contribution >= 4 is 22.5 Å². The minimum atomic E-state index is 0.491. The highest BCUT2D eigenvalue weighted by molar-refractivity contribution is 5.86. The van der Waals surface area contributed by atoms with E-state index in [2.05, 4.69) is 12.1 Å². The fourth-order valence-electron chi connectivity index (χ4n) is 1.85. The number of oxazole rings is 1. The first kappa shape index (κ1) is 7.50. The van der Waals surface area contributed by atoms with Crippen LogP contribution in [0.4, 0.5) is 5.88 Å². The van der Waals surface area contributed by atoms with Crippen LogP contribution in [0.2, 0.25) is 0 Å². The first-order valence-electron chi connectivity index (χ1n) is 4.52. The molecule has 0 unspecified atom stereocenters. The summed E-state index contributed by atoms with van der Waals surface area (Å²) in [7, 11) is 0. The van der Waals surface area contributed by atoms with E-state index >= 15 is 0 Å². The normalized spacial score (nSPS) is 11.5. The van der Waals surface area contributed by atoms with Gasteiger partial charge in [0.25, 0.3) is 0 Å². The number of rotatable bonds is 0. The van der Waals surface area contributed by atoms with Crippen molar-refractivity contribution in [3.8, 4) is 0 Å². The van der Waals surface area contributed by atoms with E-state index in [9.17, 15) is 0 Å². The van der Waals surface area contributed by atoms with Gasteiger partial charge in [-0.15, -0.1) is 0 Å². The molecule has 0 spiro atoms. The molecule has 2 heterocycles. The van der Waals surface area contributed by atoms with Crippen LogP contribution >= 0.6 is 0 Å². The Labute approximate surface area is 80.7 Å². The Hall–Kier alpha value is -1.90. The highest BCUT2D eigenvalue weighted by atomic mass is 16.4. The van der Waals surface area contributed by atoms with Crippen LogP contribution in [-0.2, 0) is 0 Å². The zero-order valence-electron chi connectivity index (χ0n) is 7.82. The molecule has 2 N–H and O–H groups in total. The summed E-state index contributed by atoms with van der Waals surface area (Å²) < 4.78 is 7.46.